The van der Waals surface area contributed by atoms with Crippen molar-refractivity contribution in [2.75, 3.05) is 0 Å². The summed E-state index contributed by atoms with van der Waals surface area (Å²) in [5, 5.41) is 3.67. The topological polar surface area (TPSA) is 42.0 Å². The third kappa shape index (κ3) is 5.72. The van der Waals surface area contributed by atoms with Gasteiger partial charge >= 0.3 is 0 Å². The highest BCUT2D eigenvalue weighted by Gasteiger charge is 2.12. The van der Waals surface area contributed by atoms with E-state index in [4.69, 9.17) is 11.6 Å². The molecule has 1 N–H and O–H groups in total. The Morgan fingerprint density at radius 2 is 1.64 bits per heavy atom. The molecule has 0 saturated carbocycles. The fraction of sp³-hybridized carbons (Fsp3) is 0.0714. The Kier molecular flexibility index (Phi) is 7.28. The minimum atomic E-state index is -0.0945. The Balaban J connectivity index is 1.50. The summed E-state index contributed by atoms with van der Waals surface area (Å²) in [7, 11) is 0. The Labute approximate surface area is 203 Å². The Bertz CT molecular complexity index is 1290. The maximum atomic E-state index is 12.6. The maximum Gasteiger partial charge on any atom is 0.251 e. The maximum absolute atomic E-state index is 12.6. The number of benzene rings is 3. The molecule has 0 aliphatic carbocycles. The molecule has 0 aliphatic heterocycles. The number of hydrogen-bond acceptors (Lipinski definition) is 3. The summed E-state index contributed by atoms with van der Waals surface area (Å²) in [6, 6.07) is 25.5. The molecule has 0 atom stereocenters. The zero-order valence-electron chi connectivity index (χ0n) is 18.2. The minimum Gasteiger partial charge on any atom is -0.348 e. The summed E-state index contributed by atoms with van der Waals surface area (Å²) in [6.45, 7) is 6.81. The molecule has 3 nitrogen and oxygen atoms in total. The van der Waals surface area contributed by atoms with Crippen LogP contribution in [0.3, 0.4) is 0 Å². The Hall–Kier alpha value is -3.34. The summed E-state index contributed by atoms with van der Waals surface area (Å²) in [6.07, 6.45) is 3.44. The average molecular weight is 471 g/mol. The third-order valence-corrected chi connectivity index (χ3v) is 6.77. The first-order valence-corrected chi connectivity index (χ1v) is 11.7. The van der Waals surface area contributed by atoms with E-state index in [1.807, 2.05) is 73.7 Å². The predicted molar refractivity (Wildman–Crippen MR) is 137 cm³/mol. The van der Waals surface area contributed by atoms with E-state index in [2.05, 4.69) is 29.0 Å². The van der Waals surface area contributed by atoms with Crippen LogP contribution in [-0.4, -0.2) is 10.9 Å². The van der Waals surface area contributed by atoms with E-state index in [9.17, 15) is 4.79 Å². The second-order valence-corrected chi connectivity index (χ2v) is 9.12. The smallest absolute Gasteiger partial charge is 0.251 e. The van der Waals surface area contributed by atoms with Crippen LogP contribution in [0.1, 0.15) is 32.6 Å². The van der Waals surface area contributed by atoms with Gasteiger partial charge in [-0.15, -0.1) is 0 Å². The van der Waals surface area contributed by atoms with Crippen molar-refractivity contribution in [1.29, 1.82) is 0 Å². The van der Waals surface area contributed by atoms with Gasteiger partial charge in [0.25, 0.3) is 5.91 Å². The van der Waals surface area contributed by atoms with Crippen LogP contribution in [-0.2, 0) is 6.54 Å². The molecule has 0 radical (unpaired) electrons. The quantitative estimate of drug-likeness (QED) is 0.311. The van der Waals surface area contributed by atoms with Gasteiger partial charge in [-0.2, -0.15) is 0 Å². The molecule has 164 valence electrons. The fourth-order valence-electron chi connectivity index (χ4n) is 3.42. The van der Waals surface area contributed by atoms with Crippen molar-refractivity contribution in [3.8, 4) is 0 Å². The van der Waals surface area contributed by atoms with Gasteiger partial charge in [0.2, 0.25) is 0 Å². The predicted octanol–water partition coefficient (Wildman–Crippen LogP) is 7.19. The highest BCUT2D eigenvalue weighted by Crippen LogP contribution is 2.37. The lowest BCUT2D eigenvalue weighted by molar-refractivity contribution is 0.0950. The molecule has 0 spiro atoms. The van der Waals surface area contributed by atoms with Crippen molar-refractivity contribution in [1.82, 2.24) is 10.3 Å². The number of hydrogen-bond donors (Lipinski definition) is 1. The van der Waals surface area contributed by atoms with Gasteiger partial charge in [-0.05, 0) is 83.3 Å². The standard InChI is InChI=1S/C28H23ClN2OS/c1-19-17-23(28(32)31-18-21-13-15-30-16-14-21)9-12-26(19)33-27-6-4-3-5-25(27)20(2)22-7-10-24(29)11-8-22/h3-17H,2,18H2,1H3,(H,31,32). The molecule has 0 bridgehead atoms. The van der Waals surface area contributed by atoms with Gasteiger partial charge in [0.05, 0.1) is 0 Å². The first-order valence-electron chi connectivity index (χ1n) is 10.5. The van der Waals surface area contributed by atoms with E-state index in [0.29, 0.717) is 17.1 Å². The largest absolute Gasteiger partial charge is 0.348 e. The number of aromatic nitrogens is 1. The molecule has 33 heavy (non-hydrogen) atoms. The number of carbonyl (C=O) groups is 1. The molecule has 0 fully saturated rings. The highest BCUT2D eigenvalue weighted by atomic mass is 35.5. The van der Waals surface area contributed by atoms with Crippen LogP contribution in [0.4, 0.5) is 0 Å². The lowest BCUT2D eigenvalue weighted by Gasteiger charge is -2.14. The van der Waals surface area contributed by atoms with E-state index in [1.165, 1.54) is 0 Å². The van der Waals surface area contributed by atoms with Gasteiger partial charge in [0.15, 0.2) is 0 Å². The SMILES string of the molecule is C=C(c1ccc(Cl)cc1)c1ccccc1Sc1ccc(C(=O)NCc2ccncc2)cc1C. The number of aryl methyl sites for hydroxylation is 1. The van der Waals surface area contributed by atoms with Crippen LogP contribution < -0.4 is 5.32 Å². The van der Waals surface area contributed by atoms with Crippen LogP contribution in [0, 0.1) is 6.92 Å². The molecule has 4 rings (SSSR count). The van der Waals surface area contributed by atoms with Gasteiger partial charge in [-0.1, -0.05) is 60.3 Å². The number of nitrogens with one attached hydrogen (secondary N) is 1. The number of carbonyl (C=O) groups excluding carboxylic acids is 1. The van der Waals surface area contributed by atoms with Gasteiger partial charge < -0.3 is 5.32 Å². The highest BCUT2D eigenvalue weighted by molar-refractivity contribution is 7.99. The lowest BCUT2D eigenvalue weighted by atomic mass is 10.00. The monoisotopic (exact) mass is 470 g/mol. The number of rotatable bonds is 7. The van der Waals surface area contributed by atoms with Gasteiger partial charge in [-0.3, -0.25) is 9.78 Å². The second-order valence-electron chi connectivity index (χ2n) is 7.60. The van der Waals surface area contributed by atoms with Crippen molar-refractivity contribution < 1.29 is 4.79 Å². The zero-order valence-corrected chi connectivity index (χ0v) is 19.8. The van der Waals surface area contributed by atoms with Crippen molar-refractivity contribution in [3.63, 3.8) is 0 Å². The molecule has 0 aliphatic rings. The summed E-state index contributed by atoms with van der Waals surface area (Å²) >= 11 is 7.71. The molecule has 3 aromatic carbocycles. The second kappa shape index (κ2) is 10.5. The minimum absolute atomic E-state index is 0.0945. The molecular formula is C28H23ClN2OS. The number of amides is 1. The van der Waals surface area contributed by atoms with Crippen molar-refractivity contribution in [2.45, 2.75) is 23.3 Å². The van der Waals surface area contributed by atoms with E-state index >= 15 is 0 Å². The van der Waals surface area contributed by atoms with Gasteiger partial charge in [0, 0.05) is 39.3 Å². The van der Waals surface area contributed by atoms with E-state index in [-0.39, 0.29) is 5.91 Å². The first-order chi connectivity index (χ1) is 16.0. The van der Waals surface area contributed by atoms with Crippen LogP contribution in [0.2, 0.25) is 5.02 Å². The molecular weight excluding hydrogens is 448 g/mol. The third-order valence-electron chi connectivity index (χ3n) is 5.26. The summed E-state index contributed by atoms with van der Waals surface area (Å²) < 4.78 is 0. The van der Waals surface area contributed by atoms with E-state index < -0.39 is 0 Å². The molecule has 0 unspecified atom stereocenters. The van der Waals surface area contributed by atoms with Gasteiger partial charge in [-0.25, -0.2) is 0 Å². The first kappa shape index (κ1) is 22.8. The van der Waals surface area contributed by atoms with Crippen LogP contribution >= 0.6 is 23.4 Å². The Morgan fingerprint density at radius 1 is 0.939 bits per heavy atom. The molecule has 5 heteroatoms. The molecule has 0 saturated heterocycles. The van der Waals surface area contributed by atoms with Crippen molar-refractivity contribution in [3.05, 3.63) is 131 Å². The number of pyridine rings is 1. The van der Waals surface area contributed by atoms with Crippen molar-refractivity contribution in [2.24, 2.45) is 0 Å². The van der Waals surface area contributed by atoms with Crippen LogP contribution in [0.25, 0.3) is 5.57 Å². The summed E-state index contributed by atoms with van der Waals surface area (Å²) in [5.41, 5.74) is 5.75. The lowest BCUT2D eigenvalue weighted by Crippen LogP contribution is -2.22. The average Bonchev–Trinajstić information content (AvgIpc) is 2.85. The molecule has 1 heterocycles. The van der Waals surface area contributed by atoms with E-state index in [0.717, 1.165) is 37.6 Å². The van der Waals surface area contributed by atoms with Crippen LogP contribution in [0.5, 0.6) is 0 Å². The van der Waals surface area contributed by atoms with Gasteiger partial charge in [0.1, 0.15) is 0 Å². The molecule has 4 aromatic rings. The summed E-state index contributed by atoms with van der Waals surface area (Å²) in [4.78, 5) is 18.8. The number of nitrogens with zero attached hydrogens (tertiary/aromatic N) is 1. The molecule has 1 amide bonds. The molecule has 1 aromatic heterocycles. The fourth-order valence-corrected chi connectivity index (χ4v) is 4.59. The zero-order chi connectivity index (χ0) is 23.2. The van der Waals surface area contributed by atoms with E-state index in [1.54, 1.807) is 24.2 Å². The van der Waals surface area contributed by atoms with Crippen LogP contribution in [0.15, 0.2) is 108 Å². The number of halogens is 1. The Morgan fingerprint density at radius 3 is 2.36 bits per heavy atom. The summed E-state index contributed by atoms with van der Waals surface area (Å²) in [5.74, 6) is -0.0945. The normalized spacial score (nSPS) is 10.6. The van der Waals surface area contributed by atoms with Crippen molar-refractivity contribution >= 4 is 34.8 Å².